The summed E-state index contributed by atoms with van der Waals surface area (Å²) in [5.74, 6) is 1.53. The molecule has 1 fully saturated rings. The molecule has 1 aromatic heterocycles. The van der Waals surface area contributed by atoms with Gasteiger partial charge >= 0.3 is 0 Å². The van der Waals surface area contributed by atoms with Crippen LogP contribution in [0.15, 0.2) is 47.7 Å². The maximum atomic E-state index is 12.1. The summed E-state index contributed by atoms with van der Waals surface area (Å²) in [5.41, 5.74) is 0.515. The number of aromatic nitrogens is 2. The first-order valence-electron chi connectivity index (χ1n) is 9.22. The van der Waals surface area contributed by atoms with Crippen molar-refractivity contribution in [2.75, 3.05) is 51.2 Å². The number of halogens is 1. The Kier molecular flexibility index (Phi) is 8.90. The number of rotatable bonds is 5. The number of aliphatic imine (C=N–C) groups is 1. The second kappa shape index (κ2) is 11.4. The van der Waals surface area contributed by atoms with Crippen LogP contribution in [0.5, 0.6) is 5.75 Å². The molecule has 1 aromatic carbocycles. The summed E-state index contributed by atoms with van der Waals surface area (Å²) in [6.45, 7) is 4.31. The number of carbonyl (C=O) groups excluding carboxylic acids is 1. The molecule has 3 rings (SSSR count). The minimum Gasteiger partial charge on any atom is -0.508 e. The number of guanidine groups is 1. The molecule has 1 amide bonds. The third-order valence-electron chi connectivity index (χ3n) is 4.45. The molecular weight excluding hydrogens is 485 g/mol. The normalized spacial score (nSPS) is 14.2. The third kappa shape index (κ3) is 6.44. The minimum atomic E-state index is -0.173. The van der Waals surface area contributed by atoms with Crippen LogP contribution in [0.1, 0.15) is 10.4 Å². The number of hydrogen-bond donors (Lipinski definition) is 3. The van der Waals surface area contributed by atoms with E-state index in [-0.39, 0.29) is 35.6 Å². The summed E-state index contributed by atoms with van der Waals surface area (Å²) in [6.07, 6.45) is 3.50. The van der Waals surface area contributed by atoms with Gasteiger partial charge < -0.3 is 25.5 Å². The maximum absolute atomic E-state index is 12.1. The molecule has 0 bridgehead atoms. The van der Waals surface area contributed by atoms with Gasteiger partial charge in [-0.15, -0.1) is 24.0 Å². The van der Waals surface area contributed by atoms with E-state index < -0.39 is 0 Å². The Morgan fingerprint density at radius 2 is 1.69 bits per heavy atom. The van der Waals surface area contributed by atoms with Gasteiger partial charge in [0.25, 0.3) is 5.91 Å². The fourth-order valence-corrected chi connectivity index (χ4v) is 2.97. The number of phenolic OH excluding ortho intramolecular Hbond substituents is 1. The zero-order chi connectivity index (χ0) is 19.8. The van der Waals surface area contributed by atoms with Gasteiger partial charge in [0.1, 0.15) is 5.75 Å². The van der Waals surface area contributed by atoms with Crippen molar-refractivity contribution in [1.29, 1.82) is 0 Å². The van der Waals surface area contributed by atoms with Gasteiger partial charge in [0.05, 0.1) is 0 Å². The molecule has 0 atom stereocenters. The second-order valence-corrected chi connectivity index (χ2v) is 6.30. The predicted molar refractivity (Wildman–Crippen MR) is 123 cm³/mol. The molecule has 0 radical (unpaired) electrons. The van der Waals surface area contributed by atoms with Crippen LogP contribution in [-0.2, 0) is 0 Å². The lowest BCUT2D eigenvalue weighted by Gasteiger charge is -2.36. The molecule has 1 aliphatic heterocycles. The van der Waals surface area contributed by atoms with Crippen LogP contribution in [0.4, 0.5) is 5.95 Å². The van der Waals surface area contributed by atoms with Gasteiger partial charge in [-0.3, -0.25) is 9.79 Å². The number of amides is 1. The molecule has 29 heavy (non-hydrogen) atoms. The smallest absolute Gasteiger partial charge is 0.251 e. The number of aromatic hydroxyl groups is 1. The highest BCUT2D eigenvalue weighted by atomic mass is 127. The lowest BCUT2D eigenvalue weighted by molar-refractivity contribution is 0.0954. The number of anilines is 1. The first kappa shape index (κ1) is 22.7. The van der Waals surface area contributed by atoms with E-state index in [0.717, 1.165) is 38.1 Å². The third-order valence-corrected chi connectivity index (χ3v) is 4.45. The zero-order valence-electron chi connectivity index (χ0n) is 16.3. The average Bonchev–Trinajstić information content (AvgIpc) is 2.75. The van der Waals surface area contributed by atoms with Gasteiger partial charge in [-0.1, -0.05) is 0 Å². The van der Waals surface area contributed by atoms with Crippen molar-refractivity contribution in [3.63, 3.8) is 0 Å². The van der Waals surface area contributed by atoms with Crippen molar-refractivity contribution in [1.82, 2.24) is 25.5 Å². The highest BCUT2D eigenvalue weighted by molar-refractivity contribution is 14.0. The number of carbonyl (C=O) groups is 1. The Labute approximate surface area is 187 Å². The van der Waals surface area contributed by atoms with Crippen molar-refractivity contribution >= 4 is 41.8 Å². The van der Waals surface area contributed by atoms with Crippen molar-refractivity contribution < 1.29 is 9.90 Å². The van der Waals surface area contributed by atoms with Gasteiger partial charge in [0, 0.05) is 64.3 Å². The summed E-state index contributed by atoms with van der Waals surface area (Å²) in [7, 11) is 1.75. The first-order valence-corrected chi connectivity index (χ1v) is 9.22. The van der Waals surface area contributed by atoms with Gasteiger partial charge in [0.2, 0.25) is 5.95 Å². The fraction of sp³-hybridized carbons (Fsp3) is 0.368. The van der Waals surface area contributed by atoms with E-state index in [0.29, 0.717) is 18.7 Å². The molecule has 0 spiro atoms. The van der Waals surface area contributed by atoms with Crippen LogP contribution < -0.4 is 15.5 Å². The molecular formula is C19H26IN7O2. The Balaban J connectivity index is 0.00000300. The molecule has 0 unspecified atom stereocenters. The van der Waals surface area contributed by atoms with Gasteiger partial charge in [-0.2, -0.15) is 0 Å². The second-order valence-electron chi connectivity index (χ2n) is 6.30. The van der Waals surface area contributed by atoms with Crippen LogP contribution in [0.25, 0.3) is 0 Å². The lowest BCUT2D eigenvalue weighted by Crippen LogP contribution is -2.53. The standard InChI is InChI=1S/C19H25N7O2.HI/c1-20-18(24-10-9-21-17(28)15-3-5-16(27)6-4-15)25-11-13-26(14-12-25)19-22-7-2-8-23-19;/h2-8,27H,9-14H2,1H3,(H,20,24)(H,21,28);1H. The molecule has 10 heteroatoms. The molecule has 0 saturated carbocycles. The summed E-state index contributed by atoms with van der Waals surface area (Å²) >= 11 is 0. The van der Waals surface area contributed by atoms with E-state index in [9.17, 15) is 9.90 Å². The molecule has 2 heterocycles. The highest BCUT2D eigenvalue weighted by Crippen LogP contribution is 2.10. The minimum absolute atomic E-state index is 0. The van der Waals surface area contributed by atoms with Crippen molar-refractivity contribution in [3.8, 4) is 5.75 Å². The molecule has 1 saturated heterocycles. The van der Waals surface area contributed by atoms with Gasteiger partial charge in [0.15, 0.2) is 5.96 Å². The molecule has 2 aromatic rings. The Morgan fingerprint density at radius 3 is 2.31 bits per heavy atom. The van der Waals surface area contributed by atoms with Gasteiger partial charge in [-0.25, -0.2) is 9.97 Å². The number of piperazine rings is 1. The van der Waals surface area contributed by atoms with Crippen LogP contribution in [0.2, 0.25) is 0 Å². The molecule has 156 valence electrons. The number of nitrogens with one attached hydrogen (secondary N) is 2. The Hall–Kier alpha value is -2.63. The van der Waals surface area contributed by atoms with E-state index in [1.807, 2.05) is 6.07 Å². The zero-order valence-corrected chi connectivity index (χ0v) is 18.6. The monoisotopic (exact) mass is 511 g/mol. The van der Waals surface area contributed by atoms with Gasteiger partial charge in [-0.05, 0) is 30.3 Å². The van der Waals surface area contributed by atoms with E-state index in [2.05, 4.69) is 35.4 Å². The summed E-state index contributed by atoms with van der Waals surface area (Å²) in [4.78, 5) is 29.3. The quantitative estimate of drug-likeness (QED) is 0.238. The van der Waals surface area contributed by atoms with Crippen molar-refractivity contribution in [2.24, 2.45) is 4.99 Å². The topological polar surface area (TPSA) is 106 Å². The fourth-order valence-electron chi connectivity index (χ4n) is 2.97. The number of phenols is 1. The summed E-state index contributed by atoms with van der Waals surface area (Å²) in [6, 6.07) is 7.98. The maximum Gasteiger partial charge on any atom is 0.251 e. The Morgan fingerprint density at radius 1 is 1.07 bits per heavy atom. The largest absolute Gasteiger partial charge is 0.508 e. The first-order chi connectivity index (χ1) is 13.7. The lowest BCUT2D eigenvalue weighted by atomic mass is 10.2. The SMILES string of the molecule is CN=C(NCCNC(=O)c1ccc(O)cc1)N1CCN(c2ncccn2)CC1.I. The number of hydrogen-bond acceptors (Lipinski definition) is 6. The summed E-state index contributed by atoms with van der Waals surface area (Å²) in [5, 5.41) is 15.4. The number of nitrogens with zero attached hydrogens (tertiary/aromatic N) is 5. The molecule has 1 aliphatic rings. The molecule has 3 N–H and O–H groups in total. The van der Waals surface area contributed by atoms with Crippen LogP contribution >= 0.6 is 24.0 Å². The van der Waals surface area contributed by atoms with E-state index in [4.69, 9.17) is 0 Å². The van der Waals surface area contributed by atoms with Crippen LogP contribution in [-0.4, -0.2) is 78.2 Å². The van der Waals surface area contributed by atoms with Crippen LogP contribution in [0, 0.1) is 0 Å². The molecule has 9 nitrogen and oxygen atoms in total. The molecule has 0 aliphatic carbocycles. The van der Waals surface area contributed by atoms with E-state index in [1.165, 1.54) is 12.1 Å². The van der Waals surface area contributed by atoms with Crippen molar-refractivity contribution in [3.05, 3.63) is 48.3 Å². The summed E-state index contributed by atoms with van der Waals surface area (Å²) < 4.78 is 0. The van der Waals surface area contributed by atoms with E-state index >= 15 is 0 Å². The van der Waals surface area contributed by atoms with Crippen LogP contribution in [0.3, 0.4) is 0 Å². The highest BCUT2D eigenvalue weighted by Gasteiger charge is 2.20. The number of benzene rings is 1. The Bertz CT molecular complexity index is 794. The predicted octanol–water partition coefficient (Wildman–Crippen LogP) is 0.928. The van der Waals surface area contributed by atoms with E-state index in [1.54, 1.807) is 31.6 Å². The van der Waals surface area contributed by atoms with Crippen molar-refractivity contribution in [2.45, 2.75) is 0 Å². The average molecular weight is 511 g/mol.